The van der Waals surface area contributed by atoms with Gasteiger partial charge in [0.15, 0.2) is 5.78 Å². The molecule has 3 aromatic carbocycles. The van der Waals surface area contributed by atoms with Crippen LogP contribution in [0.5, 0.6) is 0 Å². The van der Waals surface area contributed by atoms with E-state index in [9.17, 15) is 13.2 Å². The van der Waals surface area contributed by atoms with Crippen LogP contribution in [0.25, 0.3) is 28.2 Å². The van der Waals surface area contributed by atoms with Gasteiger partial charge in [0.2, 0.25) is 10.0 Å². The first-order chi connectivity index (χ1) is 15.1. The monoisotopic (exact) mass is 485 g/mol. The highest BCUT2D eigenvalue weighted by Gasteiger charge is 2.24. The van der Waals surface area contributed by atoms with Crippen molar-refractivity contribution in [2.45, 2.75) is 11.8 Å². The maximum absolute atomic E-state index is 12.8. The first kappa shape index (κ1) is 22.2. The predicted molar refractivity (Wildman–Crippen MR) is 126 cm³/mol. The standard InChI is InChI=1S/C23H17Cl2N3O3S/c1-14(29)21-22(15-2-6-17(24)7-3-15)27-28(23(21)16-4-8-18(25)9-5-16)19-10-12-20(13-11-19)32(26,30)31/h2-13H,1H3,(H2,26,30,31). The summed E-state index contributed by atoms with van der Waals surface area (Å²) >= 11 is 12.1. The summed E-state index contributed by atoms with van der Waals surface area (Å²) in [6, 6.07) is 20.0. The molecule has 0 aliphatic rings. The van der Waals surface area contributed by atoms with E-state index in [4.69, 9.17) is 33.4 Å². The fraction of sp³-hybridized carbons (Fsp3) is 0.0435. The average molecular weight is 486 g/mol. The molecule has 162 valence electrons. The quantitative estimate of drug-likeness (QED) is 0.384. The van der Waals surface area contributed by atoms with E-state index in [0.717, 1.165) is 11.1 Å². The number of nitrogens with two attached hydrogens (primary N) is 1. The van der Waals surface area contributed by atoms with Crippen molar-refractivity contribution in [2.75, 3.05) is 0 Å². The maximum atomic E-state index is 12.8. The van der Waals surface area contributed by atoms with Crippen LogP contribution in [-0.4, -0.2) is 24.0 Å². The van der Waals surface area contributed by atoms with Crippen LogP contribution in [0.2, 0.25) is 10.0 Å². The highest BCUT2D eigenvalue weighted by molar-refractivity contribution is 7.89. The fourth-order valence-electron chi connectivity index (χ4n) is 3.40. The number of benzene rings is 3. The van der Waals surface area contributed by atoms with Crippen molar-refractivity contribution in [2.24, 2.45) is 5.14 Å². The Balaban J connectivity index is 2.01. The zero-order chi connectivity index (χ0) is 23.0. The number of rotatable bonds is 5. The molecule has 0 atom stereocenters. The minimum atomic E-state index is -3.84. The third kappa shape index (κ3) is 4.33. The first-order valence-corrected chi connectivity index (χ1v) is 11.7. The van der Waals surface area contributed by atoms with E-state index in [1.54, 1.807) is 65.3 Å². The molecular weight excluding hydrogens is 469 g/mol. The number of aromatic nitrogens is 2. The Labute approximate surface area is 195 Å². The van der Waals surface area contributed by atoms with Crippen LogP contribution in [-0.2, 0) is 10.0 Å². The van der Waals surface area contributed by atoms with E-state index in [1.165, 1.54) is 19.1 Å². The van der Waals surface area contributed by atoms with Gasteiger partial charge in [-0.3, -0.25) is 4.79 Å². The summed E-state index contributed by atoms with van der Waals surface area (Å²) in [4.78, 5) is 12.8. The lowest BCUT2D eigenvalue weighted by Gasteiger charge is -2.10. The van der Waals surface area contributed by atoms with E-state index in [0.29, 0.717) is 32.7 Å². The highest BCUT2D eigenvalue weighted by atomic mass is 35.5. The smallest absolute Gasteiger partial charge is 0.238 e. The van der Waals surface area contributed by atoms with Gasteiger partial charge in [-0.2, -0.15) is 5.10 Å². The summed E-state index contributed by atoms with van der Waals surface area (Å²) in [6.07, 6.45) is 0. The molecule has 0 aliphatic heterocycles. The number of sulfonamides is 1. The lowest BCUT2D eigenvalue weighted by atomic mass is 9.99. The van der Waals surface area contributed by atoms with Crippen molar-refractivity contribution >= 4 is 39.0 Å². The van der Waals surface area contributed by atoms with E-state index in [2.05, 4.69) is 0 Å². The topological polar surface area (TPSA) is 95.0 Å². The lowest BCUT2D eigenvalue weighted by molar-refractivity contribution is 0.101. The predicted octanol–water partition coefficient (Wildman–Crippen LogP) is 5.36. The molecule has 6 nitrogen and oxygen atoms in total. The van der Waals surface area contributed by atoms with Gasteiger partial charge < -0.3 is 0 Å². The third-order valence-electron chi connectivity index (χ3n) is 4.88. The molecule has 1 heterocycles. The van der Waals surface area contributed by atoms with Gasteiger partial charge in [-0.1, -0.05) is 47.5 Å². The number of carbonyl (C=O) groups excluding carboxylic acids is 1. The molecule has 0 saturated heterocycles. The molecule has 2 N–H and O–H groups in total. The van der Waals surface area contributed by atoms with Gasteiger partial charge in [-0.05, 0) is 55.5 Å². The molecule has 0 bridgehead atoms. The molecule has 32 heavy (non-hydrogen) atoms. The number of Topliss-reactive ketones (excluding diaryl/α,β-unsaturated/α-hetero) is 1. The summed E-state index contributed by atoms with van der Waals surface area (Å²) in [5.74, 6) is -0.174. The Hall–Kier alpha value is -2.97. The summed E-state index contributed by atoms with van der Waals surface area (Å²) in [5.41, 5.74) is 3.46. The lowest BCUT2D eigenvalue weighted by Crippen LogP contribution is -2.12. The molecule has 0 amide bonds. The number of halogens is 2. The van der Waals surface area contributed by atoms with Gasteiger partial charge in [0.1, 0.15) is 5.69 Å². The molecule has 0 fully saturated rings. The van der Waals surface area contributed by atoms with Crippen LogP contribution >= 0.6 is 23.2 Å². The van der Waals surface area contributed by atoms with Crippen LogP contribution in [0.1, 0.15) is 17.3 Å². The van der Waals surface area contributed by atoms with Gasteiger partial charge in [0.25, 0.3) is 0 Å². The van der Waals surface area contributed by atoms with Crippen molar-refractivity contribution in [1.29, 1.82) is 0 Å². The fourth-order valence-corrected chi connectivity index (χ4v) is 4.17. The second-order valence-corrected chi connectivity index (χ2v) is 9.53. The minimum Gasteiger partial charge on any atom is -0.294 e. The number of hydrogen-bond donors (Lipinski definition) is 1. The van der Waals surface area contributed by atoms with Crippen LogP contribution < -0.4 is 5.14 Å². The summed E-state index contributed by atoms with van der Waals surface area (Å²) < 4.78 is 24.9. The SMILES string of the molecule is CC(=O)c1c(-c2ccc(Cl)cc2)nn(-c2ccc(S(N)(=O)=O)cc2)c1-c1ccc(Cl)cc1. The Kier molecular flexibility index (Phi) is 5.92. The van der Waals surface area contributed by atoms with Gasteiger partial charge in [0.05, 0.1) is 21.8 Å². The van der Waals surface area contributed by atoms with Crippen molar-refractivity contribution in [1.82, 2.24) is 9.78 Å². The largest absolute Gasteiger partial charge is 0.294 e. The van der Waals surface area contributed by atoms with Crippen LogP contribution in [0.15, 0.2) is 77.7 Å². The van der Waals surface area contributed by atoms with E-state index in [1.807, 2.05) is 0 Å². The molecule has 0 radical (unpaired) electrons. The molecule has 0 aliphatic carbocycles. The summed E-state index contributed by atoms with van der Waals surface area (Å²) in [6.45, 7) is 1.48. The van der Waals surface area contributed by atoms with Crippen molar-refractivity contribution < 1.29 is 13.2 Å². The highest BCUT2D eigenvalue weighted by Crippen LogP contribution is 2.35. The van der Waals surface area contributed by atoms with Gasteiger partial charge in [0, 0.05) is 21.2 Å². The van der Waals surface area contributed by atoms with Crippen molar-refractivity contribution in [3.63, 3.8) is 0 Å². The average Bonchev–Trinajstić information content (AvgIpc) is 3.15. The number of carbonyl (C=O) groups is 1. The van der Waals surface area contributed by atoms with Crippen LogP contribution in [0.4, 0.5) is 0 Å². The zero-order valence-electron chi connectivity index (χ0n) is 16.8. The Bertz CT molecular complexity index is 1410. The zero-order valence-corrected chi connectivity index (χ0v) is 19.1. The molecule has 4 aromatic rings. The Morgan fingerprint density at radius 3 is 1.81 bits per heavy atom. The number of primary sulfonamides is 1. The molecule has 4 rings (SSSR count). The number of hydrogen-bond acceptors (Lipinski definition) is 4. The molecular formula is C23H17Cl2N3O3S. The van der Waals surface area contributed by atoms with Crippen molar-refractivity contribution in [3.05, 3.63) is 88.4 Å². The molecule has 9 heteroatoms. The van der Waals surface area contributed by atoms with Crippen LogP contribution in [0, 0.1) is 0 Å². The van der Waals surface area contributed by atoms with Gasteiger partial charge in [-0.25, -0.2) is 18.2 Å². The maximum Gasteiger partial charge on any atom is 0.238 e. The normalized spacial score (nSPS) is 11.5. The molecule has 1 aromatic heterocycles. The molecule has 0 spiro atoms. The van der Waals surface area contributed by atoms with Crippen molar-refractivity contribution in [3.8, 4) is 28.2 Å². The molecule has 0 unspecified atom stereocenters. The van der Waals surface area contributed by atoms with E-state index < -0.39 is 10.0 Å². The first-order valence-electron chi connectivity index (χ1n) is 9.44. The number of ketones is 1. The Morgan fingerprint density at radius 2 is 1.34 bits per heavy atom. The van der Waals surface area contributed by atoms with Crippen LogP contribution in [0.3, 0.4) is 0 Å². The van der Waals surface area contributed by atoms with Gasteiger partial charge in [-0.15, -0.1) is 0 Å². The second kappa shape index (κ2) is 8.52. The molecule has 0 saturated carbocycles. The minimum absolute atomic E-state index is 0.0221. The van der Waals surface area contributed by atoms with E-state index in [-0.39, 0.29) is 10.7 Å². The van der Waals surface area contributed by atoms with Gasteiger partial charge >= 0.3 is 0 Å². The Morgan fingerprint density at radius 1 is 0.844 bits per heavy atom. The van der Waals surface area contributed by atoms with E-state index >= 15 is 0 Å². The second-order valence-electron chi connectivity index (χ2n) is 7.09. The summed E-state index contributed by atoms with van der Waals surface area (Å²) in [7, 11) is -3.84. The summed E-state index contributed by atoms with van der Waals surface area (Å²) in [5, 5.41) is 11.1. The third-order valence-corrected chi connectivity index (χ3v) is 6.32. The number of nitrogens with zero attached hydrogens (tertiary/aromatic N) is 2.